The summed E-state index contributed by atoms with van der Waals surface area (Å²) in [5, 5.41) is 77.3. The molecule has 3 aliphatic heterocycles. The number of likely N-dealkylation sites (N-methyl/N-ethyl adjacent to an activating group) is 3. The number of phenols is 1. The van der Waals surface area contributed by atoms with E-state index in [0.717, 1.165) is 31.5 Å². The van der Waals surface area contributed by atoms with Crippen LogP contribution in [0.25, 0.3) is 10.9 Å². The number of aromatic nitrogens is 1. The molecular formula is C93H118F3N17O22S. The van der Waals surface area contributed by atoms with Crippen LogP contribution in [0.5, 0.6) is 5.75 Å². The number of aliphatic carboxylic acids is 2. The SMILES string of the molecule is CCCC[C@H]1C(=O)N2C[C@H](O)C[C@@H]2C(=O)N[C@@H](CC(=O)O)C(=O)N[C@@H](C(C)C)C(=O)N(C)[C@@H](Cc2ccccc2)C(=O)N[C@@H](CCC(=O)O)C(=O)N2C[C@H](O)C[C@H]2C(=O)N[C@@H](Cc2c[nH]c3ccccc23)C(=O)N[C@@H](Cc2ccc(O)cc2)C(=O)N[C@@H](CCCCN)C(=O)N[C@H](C(=O)NCC(N)=O)CSCC(=O)N[C@@H](Cc2cc(F)c(F)c(F)c2)C(=O)N(C)[C@@H](Cc2ccccc2)C(=O)N1C. The Morgan fingerprint density at radius 1 is 0.507 bits per heavy atom. The molecule has 136 heavy (non-hydrogen) atoms. The number of benzene rings is 5. The number of amides is 15. The van der Waals surface area contributed by atoms with Gasteiger partial charge in [0.1, 0.15) is 84.3 Å². The number of fused-ring (bicyclic) bond motifs is 3. The van der Waals surface area contributed by atoms with Crippen molar-refractivity contribution in [2.24, 2.45) is 17.4 Å². The molecule has 6 aromatic rings. The molecular weight excluding hydrogens is 1800 g/mol. The number of hydrogen-bond acceptors (Lipinski definition) is 22. The van der Waals surface area contributed by atoms with Crippen LogP contribution >= 0.6 is 11.8 Å². The minimum atomic E-state index is -2.08. The number of nitrogens with two attached hydrogens (primary N) is 2. The van der Waals surface area contributed by atoms with E-state index >= 15 is 56.7 Å². The molecule has 1 aromatic heterocycles. The van der Waals surface area contributed by atoms with Crippen LogP contribution < -0.4 is 59.3 Å². The Hall–Kier alpha value is -13.6. The van der Waals surface area contributed by atoms with Gasteiger partial charge in [-0.2, -0.15) is 0 Å². The predicted molar refractivity (Wildman–Crippen MR) is 487 cm³/mol. The monoisotopic (exact) mass is 1910 g/mol. The molecule has 9 rings (SSSR count). The zero-order valence-corrected chi connectivity index (χ0v) is 76.8. The van der Waals surface area contributed by atoms with Gasteiger partial charge in [-0.15, -0.1) is 11.8 Å². The van der Waals surface area contributed by atoms with Crippen LogP contribution in [0.4, 0.5) is 13.2 Å². The highest BCUT2D eigenvalue weighted by Gasteiger charge is 2.48. The number of para-hydroxylation sites is 1. The van der Waals surface area contributed by atoms with E-state index in [0.29, 0.717) is 63.5 Å². The average molecular weight is 1920 g/mol. The van der Waals surface area contributed by atoms with Crippen molar-refractivity contribution < 1.29 is 120 Å². The van der Waals surface area contributed by atoms with E-state index in [9.17, 15) is 63.5 Å². The van der Waals surface area contributed by atoms with Crippen LogP contribution in [0.2, 0.25) is 0 Å². The number of phenolic OH excluding ortho intramolecular Hbond substituents is 1. The number of carboxylic acids is 2. The summed E-state index contributed by atoms with van der Waals surface area (Å²) in [5.41, 5.74) is 13.1. The molecule has 4 heterocycles. The van der Waals surface area contributed by atoms with E-state index < -0.39 is 296 Å². The van der Waals surface area contributed by atoms with E-state index in [4.69, 9.17) is 11.5 Å². The third-order valence-corrected chi connectivity index (χ3v) is 25.0. The topological polar surface area (TPSA) is 584 Å². The Kier molecular flexibility index (Phi) is 39.1. The summed E-state index contributed by atoms with van der Waals surface area (Å²) in [4.78, 5) is 258. The van der Waals surface area contributed by atoms with Gasteiger partial charge >= 0.3 is 11.9 Å². The van der Waals surface area contributed by atoms with Crippen molar-refractivity contribution in [2.75, 3.05) is 58.8 Å². The van der Waals surface area contributed by atoms with Gasteiger partial charge in [-0.05, 0) is 103 Å². The smallest absolute Gasteiger partial charge is 0.305 e. The molecule has 0 saturated carbocycles. The highest BCUT2D eigenvalue weighted by molar-refractivity contribution is 8.00. The van der Waals surface area contributed by atoms with Gasteiger partial charge in [-0.25, -0.2) is 13.2 Å². The highest BCUT2D eigenvalue weighted by Crippen LogP contribution is 2.29. The fraction of sp³-hybridized carbons (Fsp3) is 0.473. The number of rotatable bonds is 26. The summed E-state index contributed by atoms with van der Waals surface area (Å²) < 4.78 is 45.1. The van der Waals surface area contributed by atoms with E-state index in [-0.39, 0.29) is 63.7 Å². The summed E-state index contributed by atoms with van der Waals surface area (Å²) in [6.45, 7) is 2.76. The van der Waals surface area contributed by atoms with Gasteiger partial charge in [-0.3, -0.25) is 81.5 Å². The molecule has 3 fully saturated rings. The first-order valence-corrected chi connectivity index (χ1v) is 45.8. The van der Waals surface area contributed by atoms with Crippen molar-refractivity contribution >= 4 is 123 Å². The van der Waals surface area contributed by atoms with Crippen molar-refractivity contribution in [2.45, 2.75) is 214 Å². The molecule has 0 radical (unpaired) electrons. The lowest BCUT2D eigenvalue weighted by atomic mass is 9.98. The zero-order valence-electron chi connectivity index (χ0n) is 76.0. The molecule has 5 aromatic carbocycles. The van der Waals surface area contributed by atoms with E-state index in [1.165, 1.54) is 52.2 Å². The third kappa shape index (κ3) is 29.5. The number of carbonyl (C=O) groups is 17. The molecule has 15 amide bonds. The Morgan fingerprint density at radius 3 is 1.60 bits per heavy atom. The lowest BCUT2D eigenvalue weighted by Crippen LogP contribution is -2.62. The second kappa shape index (κ2) is 50.1. The Balaban J connectivity index is 1.15. The van der Waals surface area contributed by atoms with Crippen LogP contribution in [0, 0.1) is 23.4 Å². The van der Waals surface area contributed by atoms with Crippen molar-refractivity contribution in [1.82, 2.24) is 77.3 Å². The van der Waals surface area contributed by atoms with Gasteiger partial charge < -0.3 is 114 Å². The fourth-order valence-corrected chi connectivity index (χ4v) is 17.4. The molecule has 3 aliphatic rings. The van der Waals surface area contributed by atoms with Gasteiger partial charge in [0, 0.05) is 108 Å². The first kappa shape index (κ1) is 106. The second-order valence-electron chi connectivity index (χ2n) is 34.5. The number of aromatic amines is 1. The lowest BCUT2D eigenvalue weighted by Gasteiger charge is -2.38. The van der Waals surface area contributed by atoms with Gasteiger partial charge in [0.05, 0.1) is 30.9 Å². The van der Waals surface area contributed by atoms with E-state index in [2.05, 4.69) is 52.8 Å². The molecule has 734 valence electrons. The molecule has 3 saturated heterocycles. The Bertz CT molecular complexity index is 5280. The fourth-order valence-electron chi connectivity index (χ4n) is 16.5. The number of unbranched alkanes of at least 4 members (excludes halogenated alkanes) is 2. The number of aliphatic hydroxyl groups is 2. The number of halogens is 3. The number of aromatic hydroxyl groups is 1. The summed E-state index contributed by atoms with van der Waals surface area (Å²) in [5.74, 6) is -27.2. The number of primary amides is 1. The maximum atomic E-state index is 15.7. The molecule has 0 bridgehead atoms. The van der Waals surface area contributed by atoms with Crippen LogP contribution in [-0.2, 0) is 114 Å². The summed E-state index contributed by atoms with van der Waals surface area (Å²) in [6, 6.07) is 6.59. The van der Waals surface area contributed by atoms with Crippen LogP contribution in [0.3, 0.4) is 0 Å². The number of aliphatic hydroxyl groups excluding tert-OH is 2. The molecule has 0 spiro atoms. The number of H-pyrrole nitrogens is 1. The summed E-state index contributed by atoms with van der Waals surface area (Å²) in [7, 11) is 3.54. The first-order chi connectivity index (χ1) is 64.6. The Morgan fingerprint density at radius 2 is 1.02 bits per heavy atom. The normalized spacial score (nSPS) is 24.4. The molecule has 43 heteroatoms. The Labute approximate surface area is 786 Å². The number of nitrogens with one attached hydrogen (secondary N) is 10. The standard InChI is InChI=1S/C93H118F3N17O22S/c1-7-8-26-70-92(134)113-47-58(116)42-73(113)88(130)106-67(43-78(121)122)85(127)108-80(50(2)3)93(135)110(5)71(38-51-19-11-9-12-20-51)86(128)103-64(31-32-77(119)120)90(132)112-46-57(115)41-72(112)87(129)105-66(40-55-44-99-62-24-16-15-23-59(55)62)84(126)104-65(36-53-27-29-56(114)30-28-53)83(125)102-63(25-17-18-33-97)82(124)107-69(81(123)100-45-75(98)117)48-136-49-76(118)101-68(37-54-34-60(94)79(96)61(95)35-54)89(131)111(6)74(91(133)109(70)4)39-52-21-13-10-14-22-52/h9-16,19-24,27-30,34-35,44,50,57-58,63-74,80,99,114-116H,7-8,17-18,25-26,31-33,36-43,45-49,97H2,1-6H3,(H2,98,117)(H,100,123)(H,101,118)(H,102,125)(H,103,128)(H,104,126)(H,105,129)(H,106,130)(H,107,124)(H,108,127)(H,119,120)(H,121,122)/t57-,58-,63+,64+,65+,66+,67+,68+,69+,70+,71+,72+,73-,74+,80+/m1/s1. The van der Waals surface area contributed by atoms with Crippen molar-refractivity contribution in [3.8, 4) is 5.75 Å². The second-order valence-corrected chi connectivity index (χ2v) is 35.5. The van der Waals surface area contributed by atoms with Crippen molar-refractivity contribution in [1.29, 1.82) is 0 Å². The van der Waals surface area contributed by atoms with Crippen molar-refractivity contribution in [3.05, 3.63) is 173 Å². The number of carbonyl (C=O) groups excluding carboxylic acids is 15. The van der Waals surface area contributed by atoms with Crippen molar-refractivity contribution in [3.63, 3.8) is 0 Å². The quantitative estimate of drug-likeness (QED) is 0.0246. The minimum Gasteiger partial charge on any atom is -0.508 e. The number of thioether (sulfide) groups is 1. The zero-order chi connectivity index (χ0) is 99.5. The van der Waals surface area contributed by atoms with Crippen LogP contribution in [0.1, 0.15) is 119 Å². The van der Waals surface area contributed by atoms with E-state index in [1.807, 2.05) is 0 Å². The third-order valence-electron chi connectivity index (χ3n) is 24.0. The minimum absolute atomic E-state index is 0.0681. The number of hydrogen-bond donors (Lipinski definition) is 17. The first-order valence-electron chi connectivity index (χ1n) is 44.7. The molecule has 0 aliphatic carbocycles. The van der Waals surface area contributed by atoms with Gasteiger partial charge in [-0.1, -0.05) is 125 Å². The van der Waals surface area contributed by atoms with Gasteiger partial charge in [0.25, 0.3) is 0 Å². The maximum Gasteiger partial charge on any atom is 0.305 e. The predicted octanol–water partition coefficient (Wildman–Crippen LogP) is -0.250. The highest BCUT2D eigenvalue weighted by atomic mass is 32.2. The summed E-state index contributed by atoms with van der Waals surface area (Å²) in [6.07, 6.45) is -6.90. The summed E-state index contributed by atoms with van der Waals surface area (Å²) >= 11 is 0.631. The van der Waals surface area contributed by atoms with Crippen LogP contribution in [0.15, 0.2) is 128 Å². The molecule has 19 N–H and O–H groups in total. The number of carboxylic acid groups (broad SMARTS) is 2. The van der Waals surface area contributed by atoms with E-state index in [1.54, 1.807) is 98.0 Å². The molecule has 15 atom stereocenters. The van der Waals surface area contributed by atoms with Crippen LogP contribution in [-0.4, -0.2) is 305 Å². The lowest BCUT2D eigenvalue weighted by molar-refractivity contribution is -0.152. The largest absolute Gasteiger partial charge is 0.508 e. The average Bonchev–Trinajstić information content (AvgIpc) is 1.60. The van der Waals surface area contributed by atoms with Gasteiger partial charge in [0.2, 0.25) is 88.6 Å². The molecule has 39 nitrogen and oxygen atoms in total. The maximum absolute atomic E-state index is 15.7. The van der Waals surface area contributed by atoms with Gasteiger partial charge in [0.15, 0.2) is 17.5 Å². The number of nitrogens with zero attached hydrogens (tertiary/aromatic N) is 5. The molecule has 0 unspecified atom stereocenters.